The van der Waals surface area contributed by atoms with Gasteiger partial charge in [-0.2, -0.15) is 0 Å². The van der Waals surface area contributed by atoms with E-state index < -0.39 is 0 Å². The summed E-state index contributed by atoms with van der Waals surface area (Å²) in [5, 5.41) is 3.45. The van der Waals surface area contributed by atoms with E-state index in [1.165, 1.54) is 25.7 Å². The summed E-state index contributed by atoms with van der Waals surface area (Å²) in [6.07, 6.45) is 5.93. The summed E-state index contributed by atoms with van der Waals surface area (Å²) in [5.41, 5.74) is 0.815. The van der Waals surface area contributed by atoms with Gasteiger partial charge >= 0.3 is 0 Å². The number of piperidine rings is 1. The van der Waals surface area contributed by atoms with Crippen LogP contribution in [0.3, 0.4) is 0 Å². The van der Waals surface area contributed by atoms with E-state index in [1.54, 1.807) is 12.1 Å². The highest BCUT2D eigenvalue weighted by atomic mass is 79.9. The fourth-order valence-electron chi connectivity index (χ4n) is 4.22. The Morgan fingerprint density at radius 2 is 2.00 bits per heavy atom. The van der Waals surface area contributed by atoms with Gasteiger partial charge in [0.15, 0.2) is 0 Å². The van der Waals surface area contributed by atoms with Crippen molar-refractivity contribution in [3.8, 4) is 0 Å². The molecule has 1 aromatic carbocycles. The summed E-state index contributed by atoms with van der Waals surface area (Å²) in [5.74, 6) is 0.566. The Hall–Kier alpha value is -0.450. The van der Waals surface area contributed by atoms with E-state index in [9.17, 15) is 4.39 Å². The van der Waals surface area contributed by atoms with Gasteiger partial charge in [0.25, 0.3) is 0 Å². The van der Waals surface area contributed by atoms with Crippen LogP contribution in [0, 0.1) is 11.7 Å². The van der Waals surface area contributed by atoms with Crippen LogP contribution < -0.4 is 5.32 Å². The number of hydrogen-bond donors (Lipinski definition) is 1. The predicted octanol–water partition coefficient (Wildman–Crippen LogP) is 3.59. The third-order valence-electron chi connectivity index (χ3n) is 5.52. The maximum absolute atomic E-state index is 14.0. The molecule has 2 nitrogen and oxygen atoms in total. The highest BCUT2D eigenvalue weighted by Gasteiger charge is 2.40. The number of halogens is 2. The Labute approximate surface area is 135 Å². The van der Waals surface area contributed by atoms with Crippen molar-refractivity contribution in [1.82, 2.24) is 10.2 Å². The van der Waals surface area contributed by atoms with Gasteiger partial charge in [0.05, 0.1) is 0 Å². The normalized spacial score (nSPS) is 30.6. The first-order valence-corrected chi connectivity index (χ1v) is 8.71. The minimum absolute atomic E-state index is 0.0886. The monoisotopic (exact) mass is 354 g/mol. The molecule has 2 aliphatic heterocycles. The number of hydrogen-bond acceptors (Lipinski definition) is 2. The van der Waals surface area contributed by atoms with Gasteiger partial charge < -0.3 is 10.2 Å². The molecule has 3 atom stereocenters. The van der Waals surface area contributed by atoms with Gasteiger partial charge in [-0.05, 0) is 75.9 Å². The summed E-state index contributed by atoms with van der Waals surface area (Å²) in [6.45, 7) is 0. The van der Waals surface area contributed by atoms with Gasteiger partial charge in [-0.3, -0.25) is 0 Å². The fraction of sp³-hybridized carbons (Fsp3) is 0.647. The molecule has 116 valence electrons. The van der Waals surface area contributed by atoms with Crippen LogP contribution in [0.1, 0.15) is 31.2 Å². The molecule has 4 heteroatoms. The molecular weight excluding hydrogens is 331 g/mol. The molecule has 0 aromatic heterocycles. The van der Waals surface area contributed by atoms with Crippen molar-refractivity contribution in [3.63, 3.8) is 0 Å². The average Bonchev–Trinajstić information content (AvgIpc) is 2.69. The van der Waals surface area contributed by atoms with Gasteiger partial charge in [0.1, 0.15) is 5.82 Å². The minimum Gasteiger partial charge on any atom is -0.316 e. The lowest BCUT2D eigenvalue weighted by Crippen LogP contribution is -2.47. The lowest BCUT2D eigenvalue weighted by atomic mass is 9.82. The number of nitrogens with zero attached hydrogens (tertiary/aromatic N) is 1. The van der Waals surface area contributed by atoms with Gasteiger partial charge in [0.2, 0.25) is 0 Å². The van der Waals surface area contributed by atoms with Crippen LogP contribution in [-0.4, -0.2) is 37.1 Å². The molecule has 2 aliphatic rings. The van der Waals surface area contributed by atoms with Gasteiger partial charge in [-0.25, -0.2) is 4.39 Å². The second-order valence-electron chi connectivity index (χ2n) is 6.62. The van der Waals surface area contributed by atoms with Crippen LogP contribution in [0.15, 0.2) is 22.7 Å². The summed E-state index contributed by atoms with van der Waals surface area (Å²) in [7, 11) is 4.28. The largest absolute Gasteiger partial charge is 0.316 e. The maximum Gasteiger partial charge on any atom is 0.126 e. The number of rotatable bonds is 4. The topological polar surface area (TPSA) is 15.3 Å². The molecule has 2 fully saturated rings. The third-order valence-corrected chi connectivity index (χ3v) is 6.02. The summed E-state index contributed by atoms with van der Waals surface area (Å²) in [4.78, 5) is 2.56. The summed E-state index contributed by atoms with van der Waals surface area (Å²) >= 11 is 3.45. The van der Waals surface area contributed by atoms with Crippen LogP contribution in [-0.2, 0) is 6.42 Å². The van der Waals surface area contributed by atoms with E-state index in [-0.39, 0.29) is 5.82 Å². The van der Waals surface area contributed by atoms with Crippen molar-refractivity contribution in [2.45, 2.75) is 50.2 Å². The Morgan fingerprint density at radius 3 is 2.62 bits per heavy atom. The fourth-order valence-corrected chi connectivity index (χ4v) is 4.63. The number of benzene rings is 1. The Kier molecular flexibility index (Phi) is 4.67. The number of nitrogens with one attached hydrogen (secondary N) is 1. The molecule has 1 aromatic rings. The SMILES string of the molecule is CNC(Cc1cc(Br)ccc1F)C1CC2CCC(C1)N2C. The van der Waals surface area contributed by atoms with Crippen LogP contribution in [0.2, 0.25) is 0 Å². The molecule has 21 heavy (non-hydrogen) atoms. The molecule has 0 amide bonds. The molecule has 0 radical (unpaired) electrons. The van der Waals surface area contributed by atoms with Crippen molar-refractivity contribution >= 4 is 15.9 Å². The zero-order chi connectivity index (χ0) is 15.0. The van der Waals surface area contributed by atoms with Gasteiger partial charge in [-0.15, -0.1) is 0 Å². The molecule has 0 aliphatic carbocycles. The van der Waals surface area contributed by atoms with E-state index in [2.05, 4.69) is 33.2 Å². The smallest absolute Gasteiger partial charge is 0.126 e. The lowest BCUT2D eigenvalue weighted by Gasteiger charge is -2.40. The molecule has 0 saturated carbocycles. The summed E-state index contributed by atoms with van der Waals surface area (Å²) < 4.78 is 15.0. The zero-order valence-corrected chi connectivity index (χ0v) is 14.4. The highest BCUT2D eigenvalue weighted by Crippen LogP contribution is 2.39. The predicted molar refractivity (Wildman–Crippen MR) is 87.9 cm³/mol. The van der Waals surface area contributed by atoms with E-state index in [0.29, 0.717) is 12.0 Å². The van der Waals surface area contributed by atoms with Crippen LogP contribution in [0.5, 0.6) is 0 Å². The van der Waals surface area contributed by atoms with Crippen molar-refractivity contribution in [2.75, 3.05) is 14.1 Å². The number of likely N-dealkylation sites (N-methyl/N-ethyl adjacent to an activating group) is 1. The highest BCUT2D eigenvalue weighted by molar-refractivity contribution is 9.10. The van der Waals surface area contributed by atoms with E-state index in [0.717, 1.165) is 28.5 Å². The van der Waals surface area contributed by atoms with Gasteiger partial charge in [-0.1, -0.05) is 15.9 Å². The minimum atomic E-state index is -0.0886. The quantitative estimate of drug-likeness (QED) is 0.888. The molecule has 2 heterocycles. The Balaban J connectivity index is 1.72. The van der Waals surface area contributed by atoms with Crippen molar-refractivity contribution in [3.05, 3.63) is 34.1 Å². The van der Waals surface area contributed by atoms with E-state index in [1.807, 2.05) is 13.1 Å². The number of fused-ring (bicyclic) bond motifs is 2. The molecule has 0 spiro atoms. The lowest BCUT2D eigenvalue weighted by molar-refractivity contribution is 0.114. The first-order chi connectivity index (χ1) is 10.1. The first kappa shape index (κ1) is 15.4. The second kappa shape index (κ2) is 6.35. The molecular formula is C17H24BrFN2. The average molecular weight is 355 g/mol. The zero-order valence-electron chi connectivity index (χ0n) is 12.8. The van der Waals surface area contributed by atoms with Crippen LogP contribution in [0.25, 0.3) is 0 Å². The maximum atomic E-state index is 14.0. The van der Waals surface area contributed by atoms with Crippen molar-refractivity contribution in [1.29, 1.82) is 0 Å². The molecule has 3 rings (SSSR count). The third kappa shape index (κ3) is 3.17. The molecule has 1 N–H and O–H groups in total. The first-order valence-electron chi connectivity index (χ1n) is 7.91. The van der Waals surface area contributed by atoms with E-state index >= 15 is 0 Å². The molecule has 2 saturated heterocycles. The van der Waals surface area contributed by atoms with Crippen molar-refractivity contribution < 1.29 is 4.39 Å². The van der Waals surface area contributed by atoms with Crippen LogP contribution >= 0.6 is 15.9 Å². The standard InChI is InChI=1S/C17H24BrFN2/c1-20-17(10-11-7-13(18)3-6-16(11)19)12-8-14-4-5-15(9-12)21(14)2/h3,6-7,12,14-15,17,20H,4-5,8-10H2,1-2H3. The van der Waals surface area contributed by atoms with E-state index in [4.69, 9.17) is 0 Å². The molecule has 2 bridgehead atoms. The Bertz CT molecular complexity index is 494. The van der Waals surface area contributed by atoms with Crippen molar-refractivity contribution in [2.24, 2.45) is 5.92 Å². The van der Waals surface area contributed by atoms with Gasteiger partial charge in [0, 0.05) is 22.6 Å². The molecule has 3 unspecified atom stereocenters. The summed E-state index contributed by atoms with van der Waals surface area (Å²) in [6, 6.07) is 7.08. The second-order valence-corrected chi connectivity index (χ2v) is 7.53. The Morgan fingerprint density at radius 1 is 1.33 bits per heavy atom. The van der Waals surface area contributed by atoms with Crippen LogP contribution in [0.4, 0.5) is 4.39 Å².